The van der Waals surface area contributed by atoms with Crippen LogP contribution >= 0.6 is 0 Å². The Morgan fingerprint density at radius 2 is 1.81 bits per heavy atom. The van der Waals surface area contributed by atoms with Crippen molar-refractivity contribution in [1.29, 1.82) is 0 Å². The first-order chi connectivity index (χ1) is 12.2. The number of ether oxygens (including phenoxy) is 1. The van der Waals surface area contributed by atoms with E-state index in [2.05, 4.69) is 10.6 Å². The van der Waals surface area contributed by atoms with Crippen LogP contribution < -0.4 is 10.6 Å². The molecule has 1 fully saturated rings. The first-order valence-corrected chi connectivity index (χ1v) is 9.83. The monoisotopic (exact) mass is 383 g/mol. The summed E-state index contributed by atoms with van der Waals surface area (Å²) in [6.45, 7) is 6.01. The second-order valence-corrected chi connectivity index (χ2v) is 8.14. The van der Waals surface area contributed by atoms with Crippen molar-refractivity contribution in [2.75, 3.05) is 26.7 Å². The molecule has 1 aliphatic heterocycles. The molecule has 8 nitrogen and oxygen atoms in total. The molecule has 2 N–H and O–H groups in total. The largest absolute Gasteiger partial charge is 0.360 e. The molecule has 1 unspecified atom stereocenters. The average Bonchev–Trinajstić information content (AvgIpc) is 2.57. The second-order valence-electron chi connectivity index (χ2n) is 6.31. The van der Waals surface area contributed by atoms with Crippen LogP contribution in [0.3, 0.4) is 0 Å². The molecule has 1 aromatic carbocycles. The maximum Gasteiger partial charge on any atom is 0.309 e. The minimum atomic E-state index is -3.81. The zero-order valence-corrected chi connectivity index (χ0v) is 16.3. The maximum absolute atomic E-state index is 13.2. The van der Waals surface area contributed by atoms with Crippen LogP contribution in [0, 0.1) is 20.8 Å². The van der Waals surface area contributed by atoms with E-state index in [1.54, 1.807) is 13.8 Å². The molecule has 144 valence electrons. The quantitative estimate of drug-likeness (QED) is 0.724. The van der Waals surface area contributed by atoms with Gasteiger partial charge >= 0.3 is 11.8 Å². The Hall–Kier alpha value is -1.97. The summed E-state index contributed by atoms with van der Waals surface area (Å²) in [4.78, 5) is 23.2. The third-order valence-corrected chi connectivity index (χ3v) is 6.39. The predicted octanol–water partition coefficient (Wildman–Crippen LogP) is 0.211. The molecule has 1 atom stereocenters. The number of benzene rings is 1. The van der Waals surface area contributed by atoms with Crippen LogP contribution in [-0.4, -0.2) is 57.5 Å². The lowest BCUT2D eigenvalue weighted by atomic mass is 10.1. The van der Waals surface area contributed by atoms with Gasteiger partial charge in [-0.3, -0.25) is 9.59 Å². The fraction of sp³-hybridized carbons (Fsp3) is 0.529. The molecule has 9 heteroatoms. The van der Waals surface area contributed by atoms with E-state index in [1.807, 2.05) is 19.1 Å². The lowest BCUT2D eigenvalue weighted by molar-refractivity contribution is -0.139. The highest BCUT2D eigenvalue weighted by Crippen LogP contribution is 2.28. The summed E-state index contributed by atoms with van der Waals surface area (Å²) in [6.07, 6.45) is -0.300. The highest BCUT2D eigenvalue weighted by Gasteiger charge is 2.36. The number of carbonyl (C=O) groups is 2. The Bertz CT molecular complexity index is 784. The van der Waals surface area contributed by atoms with Crippen LogP contribution in [0.5, 0.6) is 0 Å². The standard InChI is InChI=1S/C17H25N3O5S/c1-11-8-12(2)15(13(3)9-11)26(23,24)20-6-5-7-25-14(20)10-19-17(22)16(21)18-4/h8-9,14H,5-7,10H2,1-4H3,(H,18,21)(H,19,22). The van der Waals surface area contributed by atoms with Crippen LogP contribution in [-0.2, 0) is 24.3 Å². The summed E-state index contributed by atoms with van der Waals surface area (Å²) < 4.78 is 33.3. The van der Waals surface area contributed by atoms with E-state index in [9.17, 15) is 18.0 Å². The summed E-state index contributed by atoms with van der Waals surface area (Å²) in [6, 6.07) is 3.65. The van der Waals surface area contributed by atoms with Crippen LogP contribution in [0.4, 0.5) is 0 Å². The molecule has 2 rings (SSSR count). The molecule has 2 amide bonds. The number of nitrogens with zero attached hydrogens (tertiary/aromatic N) is 1. The van der Waals surface area contributed by atoms with E-state index < -0.39 is 28.1 Å². The van der Waals surface area contributed by atoms with Crippen molar-refractivity contribution >= 4 is 21.8 Å². The lowest BCUT2D eigenvalue weighted by Crippen LogP contribution is -2.53. The van der Waals surface area contributed by atoms with E-state index in [1.165, 1.54) is 11.4 Å². The third kappa shape index (κ3) is 4.22. The number of sulfonamides is 1. The van der Waals surface area contributed by atoms with Crippen molar-refractivity contribution in [2.24, 2.45) is 0 Å². The predicted molar refractivity (Wildman–Crippen MR) is 96.0 cm³/mol. The van der Waals surface area contributed by atoms with Crippen molar-refractivity contribution in [3.8, 4) is 0 Å². The van der Waals surface area contributed by atoms with Gasteiger partial charge in [0.25, 0.3) is 0 Å². The number of hydrogen-bond acceptors (Lipinski definition) is 5. The van der Waals surface area contributed by atoms with Gasteiger partial charge in [-0.1, -0.05) is 17.7 Å². The number of likely N-dealkylation sites (N-methyl/N-ethyl adjacent to an activating group) is 1. The van der Waals surface area contributed by atoms with E-state index >= 15 is 0 Å². The van der Waals surface area contributed by atoms with Crippen LogP contribution in [0.25, 0.3) is 0 Å². The van der Waals surface area contributed by atoms with Crippen molar-refractivity contribution in [3.05, 3.63) is 28.8 Å². The molecule has 26 heavy (non-hydrogen) atoms. The average molecular weight is 383 g/mol. The Labute approximate surface area is 153 Å². The Morgan fingerprint density at radius 1 is 1.19 bits per heavy atom. The second kappa shape index (κ2) is 8.15. The van der Waals surface area contributed by atoms with Gasteiger partial charge in [0, 0.05) is 13.6 Å². The van der Waals surface area contributed by atoms with Gasteiger partial charge in [-0.25, -0.2) is 8.42 Å². The Balaban J connectivity index is 2.28. The normalized spacial score (nSPS) is 18.4. The van der Waals surface area contributed by atoms with Gasteiger partial charge in [0.15, 0.2) is 0 Å². The van der Waals surface area contributed by atoms with E-state index in [-0.39, 0.29) is 18.0 Å². The maximum atomic E-state index is 13.2. The third-order valence-electron chi connectivity index (χ3n) is 4.20. The van der Waals surface area contributed by atoms with Crippen LogP contribution in [0.1, 0.15) is 23.1 Å². The fourth-order valence-corrected chi connectivity index (χ4v) is 5.15. The summed E-state index contributed by atoms with van der Waals surface area (Å²) >= 11 is 0. The molecule has 0 spiro atoms. The van der Waals surface area contributed by atoms with Crippen molar-refractivity contribution in [1.82, 2.24) is 14.9 Å². The molecule has 0 bridgehead atoms. The molecule has 1 aromatic rings. The molecule has 0 radical (unpaired) electrons. The first kappa shape index (κ1) is 20.3. The molecule has 1 saturated heterocycles. The number of hydrogen-bond donors (Lipinski definition) is 2. The van der Waals surface area contributed by atoms with Gasteiger partial charge in [0.05, 0.1) is 18.0 Å². The molecule has 1 heterocycles. The lowest BCUT2D eigenvalue weighted by Gasteiger charge is -2.35. The summed E-state index contributed by atoms with van der Waals surface area (Å²) in [7, 11) is -2.46. The van der Waals surface area contributed by atoms with Crippen LogP contribution in [0.15, 0.2) is 17.0 Å². The summed E-state index contributed by atoms with van der Waals surface area (Å²) in [5.41, 5.74) is 2.32. The SMILES string of the molecule is CNC(=O)C(=O)NCC1OCCCN1S(=O)(=O)c1c(C)cc(C)cc1C. The summed E-state index contributed by atoms with van der Waals surface area (Å²) in [5, 5.41) is 4.63. The highest BCUT2D eigenvalue weighted by molar-refractivity contribution is 7.89. The minimum absolute atomic E-state index is 0.102. The van der Waals surface area contributed by atoms with E-state index in [0.717, 1.165) is 5.56 Å². The molecular weight excluding hydrogens is 358 g/mol. The van der Waals surface area contributed by atoms with Gasteiger partial charge in [-0.05, 0) is 38.3 Å². The zero-order chi connectivity index (χ0) is 19.5. The Kier molecular flexibility index (Phi) is 6.38. The molecule has 0 aliphatic carbocycles. The number of carbonyl (C=O) groups excluding carboxylic acids is 2. The van der Waals surface area contributed by atoms with E-state index in [4.69, 9.17) is 4.74 Å². The van der Waals surface area contributed by atoms with Gasteiger partial charge in [0.2, 0.25) is 10.0 Å². The van der Waals surface area contributed by atoms with Crippen molar-refractivity contribution < 1.29 is 22.7 Å². The topological polar surface area (TPSA) is 105 Å². The molecule has 0 saturated carbocycles. The van der Waals surface area contributed by atoms with E-state index in [0.29, 0.717) is 24.2 Å². The van der Waals surface area contributed by atoms with Gasteiger partial charge in [-0.15, -0.1) is 0 Å². The number of amides is 2. The van der Waals surface area contributed by atoms with Gasteiger partial charge in [-0.2, -0.15) is 4.31 Å². The summed E-state index contributed by atoms with van der Waals surface area (Å²) in [5.74, 6) is -1.62. The minimum Gasteiger partial charge on any atom is -0.360 e. The molecule has 0 aromatic heterocycles. The first-order valence-electron chi connectivity index (χ1n) is 8.39. The van der Waals surface area contributed by atoms with Crippen molar-refractivity contribution in [2.45, 2.75) is 38.3 Å². The number of nitrogens with one attached hydrogen (secondary N) is 2. The zero-order valence-electron chi connectivity index (χ0n) is 15.5. The Morgan fingerprint density at radius 3 is 2.38 bits per heavy atom. The smallest absolute Gasteiger partial charge is 0.309 e. The van der Waals surface area contributed by atoms with Gasteiger partial charge < -0.3 is 15.4 Å². The number of rotatable bonds is 4. The molecule has 1 aliphatic rings. The fourth-order valence-electron chi connectivity index (χ4n) is 3.17. The highest BCUT2D eigenvalue weighted by atomic mass is 32.2. The van der Waals surface area contributed by atoms with Crippen LogP contribution in [0.2, 0.25) is 0 Å². The number of aryl methyl sites for hydroxylation is 3. The van der Waals surface area contributed by atoms with Gasteiger partial charge in [0.1, 0.15) is 6.23 Å². The van der Waals surface area contributed by atoms with Crippen molar-refractivity contribution in [3.63, 3.8) is 0 Å². The molecular formula is C17H25N3O5S.